The summed E-state index contributed by atoms with van der Waals surface area (Å²) in [5, 5.41) is 11.4. The van der Waals surface area contributed by atoms with Crippen LogP contribution in [-0.2, 0) is 21.3 Å². The minimum atomic E-state index is -4.00. The van der Waals surface area contributed by atoms with Crippen LogP contribution in [0.25, 0.3) is 0 Å². The van der Waals surface area contributed by atoms with Crippen LogP contribution >= 0.6 is 0 Å². The summed E-state index contributed by atoms with van der Waals surface area (Å²) in [4.78, 5) is 4.70. The van der Waals surface area contributed by atoms with Gasteiger partial charge in [0.15, 0.2) is 0 Å². The third kappa shape index (κ3) is 6.05. The second-order valence-electron chi connectivity index (χ2n) is 10.0. The summed E-state index contributed by atoms with van der Waals surface area (Å²) < 4.78 is 51.0. The molecule has 2 atom stereocenters. The van der Waals surface area contributed by atoms with E-state index in [4.69, 9.17) is 4.74 Å². The van der Waals surface area contributed by atoms with Crippen molar-refractivity contribution in [2.24, 2.45) is 4.40 Å². The van der Waals surface area contributed by atoms with E-state index in [0.717, 1.165) is 38.3 Å². The van der Waals surface area contributed by atoms with Gasteiger partial charge < -0.3 is 20.1 Å². The van der Waals surface area contributed by atoms with Crippen molar-refractivity contribution >= 4 is 16.0 Å². The topological polar surface area (TPSA) is 94.5 Å². The van der Waals surface area contributed by atoms with Gasteiger partial charge in [-0.05, 0) is 44.5 Å². The van der Waals surface area contributed by atoms with Gasteiger partial charge >= 0.3 is 6.02 Å². The fourth-order valence-corrected chi connectivity index (χ4v) is 6.57. The van der Waals surface area contributed by atoms with E-state index in [1.54, 1.807) is 32.0 Å². The van der Waals surface area contributed by atoms with E-state index in [-0.39, 0.29) is 19.0 Å². The highest BCUT2D eigenvalue weighted by atomic mass is 32.2. The molecule has 196 valence electrons. The standard InChI is InChI=1S/C26H35FN4O4S/c1-26(2)24(20-10-8-19(9-11-20)18-31-15-13-30(3)14-16-31)36(33,34)29-25(35-26)28-23(12-17-32)21-6-4-5-7-22(21)27/h4-11,23-24,32H,12-18H2,1-3H3,(H,28,29)/t23-,24?/m0/s1. The van der Waals surface area contributed by atoms with Gasteiger partial charge in [-0.25, -0.2) is 12.8 Å². The van der Waals surface area contributed by atoms with E-state index in [9.17, 15) is 17.9 Å². The molecule has 2 aliphatic heterocycles. The first-order chi connectivity index (χ1) is 17.1. The Labute approximate surface area is 212 Å². The van der Waals surface area contributed by atoms with E-state index in [0.29, 0.717) is 11.1 Å². The molecule has 0 aliphatic carbocycles. The zero-order valence-electron chi connectivity index (χ0n) is 21.0. The van der Waals surface area contributed by atoms with Gasteiger partial charge in [-0.2, -0.15) is 0 Å². The summed E-state index contributed by atoms with van der Waals surface area (Å²) in [5.74, 6) is -0.462. The molecule has 4 rings (SSSR count). The highest BCUT2D eigenvalue weighted by Crippen LogP contribution is 2.40. The molecular weight excluding hydrogens is 483 g/mol. The van der Waals surface area contributed by atoms with Crippen LogP contribution in [0.1, 0.15) is 48.3 Å². The van der Waals surface area contributed by atoms with Crippen molar-refractivity contribution in [3.8, 4) is 0 Å². The molecule has 0 bridgehead atoms. The third-order valence-corrected chi connectivity index (χ3v) is 8.64. The monoisotopic (exact) mass is 518 g/mol. The number of likely N-dealkylation sites (N-methyl/N-ethyl adjacent to an activating group) is 1. The van der Waals surface area contributed by atoms with Gasteiger partial charge in [0.25, 0.3) is 10.0 Å². The number of ether oxygens (including phenoxy) is 1. The van der Waals surface area contributed by atoms with E-state index in [1.165, 1.54) is 6.07 Å². The van der Waals surface area contributed by atoms with Gasteiger partial charge in [0.05, 0.1) is 6.04 Å². The highest BCUT2D eigenvalue weighted by Gasteiger charge is 2.47. The molecule has 0 saturated carbocycles. The SMILES string of the molecule is CN1CCN(Cc2ccc(C3C(C)(C)OC(N[C@@H](CCO)c4ccccc4F)=NS3(=O)=O)cc2)CC1. The molecule has 0 amide bonds. The molecule has 8 nitrogen and oxygen atoms in total. The summed E-state index contributed by atoms with van der Waals surface area (Å²) in [5.41, 5.74) is 0.885. The predicted octanol–water partition coefficient (Wildman–Crippen LogP) is 2.82. The lowest BCUT2D eigenvalue weighted by Crippen LogP contribution is -2.47. The maximum atomic E-state index is 14.4. The van der Waals surface area contributed by atoms with Crippen LogP contribution in [0.3, 0.4) is 0 Å². The molecule has 1 saturated heterocycles. The van der Waals surface area contributed by atoms with E-state index in [2.05, 4.69) is 26.6 Å². The van der Waals surface area contributed by atoms with Gasteiger partial charge in [-0.3, -0.25) is 4.90 Å². The van der Waals surface area contributed by atoms with Crippen molar-refractivity contribution in [2.45, 2.75) is 43.7 Å². The second-order valence-corrected chi connectivity index (χ2v) is 11.7. The average molecular weight is 519 g/mol. The summed E-state index contributed by atoms with van der Waals surface area (Å²) in [6.07, 6.45) is 0.155. The summed E-state index contributed by atoms with van der Waals surface area (Å²) >= 11 is 0. The number of aliphatic hydroxyl groups is 1. The first kappa shape index (κ1) is 26.5. The zero-order chi connectivity index (χ0) is 25.9. The van der Waals surface area contributed by atoms with Crippen molar-refractivity contribution < 1.29 is 22.7 Å². The molecule has 0 spiro atoms. The Morgan fingerprint density at radius 3 is 2.42 bits per heavy atom. The third-order valence-electron chi connectivity index (χ3n) is 6.78. The molecule has 0 aromatic heterocycles. The number of halogens is 1. The lowest BCUT2D eigenvalue weighted by Gasteiger charge is -2.38. The van der Waals surface area contributed by atoms with Gasteiger partial charge in [0.2, 0.25) is 0 Å². The summed E-state index contributed by atoms with van der Waals surface area (Å²) in [7, 11) is -1.88. The van der Waals surface area contributed by atoms with Crippen LogP contribution in [0.15, 0.2) is 52.9 Å². The van der Waals surface area contributed by atoms with Crippen LogP contribution in [-0.4, -0.2) is 74.8 Å². The van der Waals surface area contributed by atoms with Crippen LogP contribution in [0, 0.1) is 5.82 Å². The lowest BCUT2D eigenvalue weighted by molar-refractivity contribution is 0.0759. The fourth-order valence-electron chi connectivity index (χ4n) is 4.88. The first-order valence-corrected chi connectivity index (χ1v) is 13.7. The van der Waals surface area contributed by atoms with Crippen molar-refractivity contribution in [1.29, 1.82) is 0 Å². The molecule has 2 N–H and O–H groups in total. The minimum absolute atomic E-state index is 0.155. The number of rotatable bonds is 7. The lowest BCUT2D eigenvalue weighted by atomic mass is 9.96. The second kappa shape index (κ2) is 10.8. The molecule has 2 aromatic rings. The molecule has 2 heterocycles. The van der Waals surface area contributed by atoms with Crippen molar-refractivity contribution in [2.75, 3.05) is 39.8 Å². The highest BCUT2D eigenvalue weighted by molar-refractivity contribution is 7.90. The molecule has 2 aliphatic rings. The number of amidine groups is 1. The Kier molecular flexibility index (Phi) is 7.99. The summed E-state index contributed by atoms with van der Waals surface area (Å²) in [6, 6.07) is 12.8. The van der Waals surface area contributed by atoms with Crippen molar-refractivity contribution in [3.63, 3.8) is 0 Å². The number of piperazine rings is 1. The smallest absolute Gasteiger partial charge is 0.301 e. The van der Waals surface area contributed by atoms with Crippen LogP contribution in [0.5, 0.6) is 0 Å². The van der Waals surface area contributed by atoms with E-state index < -0.39 is 32.7 Å². The molecule has 36 heavy (non-hydrogen) atoms. The molecule has 1 unspecified atom stereocenters. The predicted molar refractivity (Wildman–Crippen MR) is 137 cm³/mol. The van der Waals surface area contributed by atoms with Crippen LogP contribution < -0.4 is 5.32 Å². The fraction of sp³-hybridized carbons (Fsp3) is 0.500. The van der Waals surface area contributed by atoms with Crippen LogP contribution in [0.4, 0.5) is 4.39 Å². The Bertz CT molecular complexity index is 1180. The summed E-state index contributed by atoms with van der Waals surface area (Å²) in [6.45, 7) is 8.08. The molecule has 2 aromatic carbocycles. The molecule has 0 radical (unpaired) electrons. The Hall–Kier alpha value is -2.53. The number of nitrogens with one attached hydrogen (secondary N) is 1. The number of aliphatic hydroxyl groups excluding tert-OH is 1. The molecule has 10 heteroatoms. The quantitative estimate of drug-likeness (QED) is 0.582. The minimum Gasteiger partial charge on any atom is -0.457 e. The molecule has 1 fully saturated rings. The van der Waals surface area contributed by atoms with Crippen molar-refractivity contribution in [1.82, 2.24) is 15.1 Å². The zero-order valence-corrected chi connectivity index (χ0v) is 21.8. The van der Waals surface area contributed by atoms with Gasteiger partial charge in [0.1, 0.15) is 16.7 Å². The first-order valence-electron chi connectivity index (χ1n) is 12.2. The maximum absolute atomic E-state index is 14.4. The number of hydrogen-bond acceptors (Lipinski definition) is 7. The largest absolute Gasteiger partial charge is 0.457 e. The maximum Gasteiger partial charge on any atom is 0.301 e. The number of nitrogens with zero attached hydrogens (tertiary/aromatic N) is 3. The van der Waals surface area contributed by atoms with E-state index in [1.807, 2.05) is 24.3 Å². The normalized spacial score (nSPS) is 22.9. The average Bonchev–Trinajstić information content (AvgIpc) is 2.80. The Morgan fingerprint density at radius 1 is 1.14 bits per heavy atom. The molecular formula is C26H35FN4O4S. The van der Waals surface area contributed by atoms with Gasteiger partial charge in [0, 0.05) is 44.9 Å². The van der Waals surface area contributed by atoms with Crippen molar-refractivity contribution in [3.05, 3.63) is 71.0 Å². The van der Waals surface area contributed by atoms with Gasteiger partial charge in [-0.15, -0.1) is 4.40 Å². The number of sulfonamides is 1. The van der Waals surface area contributed by atoms with Gasteiger partial charge in [-0.1, -0.05) is 42.5 Å². The Balaban J connectivity index is 1.53. The van der Waals surface area contributed by atoms with Crippen LogP contribution in [0.2, 0.25) is 0 Å². The number of benzene rings is 2. The Morgan fingerprint density at radius 2 is 1.81 bits per heavy atom. The van der Waals surface area contributed by atoms with E-state index >= 15 is 0 Å². The number of hydrogen-bond donors (Lipinski definition) is 2.